The molecule has 0 bridgehead atoms. The van der Waals surface area contributed by atoms with E-state index in [9.17, 15) is 13.2 Å². The molecule has 0 fully saturated rings. The van der Waals surface area contributed by atoms with E-state index >= 15 is 0 Å². The van der Waals surface area contributed by atoms with E-state index in [4.69, 9.17) is 0 Å². The number of ether oxygens (including phenoxy) is 1. The Hall–Kier alpha value is -2.36. The fraction of sp³-hybridized carbons (Fsp3) is 0.417. The summed E-state index contributed by atoms with van der Waals surface area (Å²) in [6.45, 7) is 3.28. The predicted molar refractivity (Wildman–Crippen MR) is 78.0 cm³/mol. The summed E-state index contributed by atoms with van der Waals surface area (Å²) in [6, 6.07) is 0. The van der Waals surface area contributed by atoms with Crippen molar-refractivity contribution < 1.29 is 17.9 Å². The zero-order valence-corrected chi connectivity index (χ0v) is 13.7. The first-order valence-corrected chi connectivity index (χ1v) is 7.80. The number of carbonyl (C=O) groups excluding carboxylic acids is 1. The molecule has 120 valence electrons. The Morgan fingerprint density at radius 1 is 1.23 bits per heavy atom. The van der Waals surface area contributed by atoms with Gasteiger partial charge >= 0.3 is 5.97 Å². The van der Waals surface area contributed by atoms with Gasteiger partial charge in [0.2, 0.25) is 0 Å². The number of nitrogens with zero attached hydrogens (tertiary/aromatic N) is 4. The first-order chi connectivity index (χ1) is 10.2. The number of nitrogens with one attached hydrogen (secondary N) is 1. The predicted octanol–water partition coefficient (Wildman–Crippen LogP) is 0.358. The molecule has 2 rings (SSSR count). The quantitative estimate of drug-likeness (QED) is 0.812. The van der Waals surface area contributed by atoms with Crippen LogP contribution in [0.15, 0.2) is 11.1 Å². The maximum Gasteiger partial charge on any atom is 0.360 e. The Labute approximate surface area is 127 Å². The van der Waals surface area contributed by atoms with Gasteiger partial charge in [-0.2, -0.15) is 10.2 Å². The van der Waals surface area contributed by atoms with E-state index in [1.807, 2.05) is 0 Å². The lowest BCUT2D eigenvalue weighted by atomic mass is 10.3. The van der Waals surface area contributed by atoms with Crippen LogP contribution in [0, 0.1) is 13.8 Å². The van der Waals surface area contributed by atoms with Crippen LogP contribution in [0.3, 0.4) is 0 Å². The van der Waals surface area contributed by atoms with Gasteiger partial charge in [0.15, 0.2) is 5.69 Å². The number of aryl methyl sites for hydroxylation is 2. The highest BCUT2D eigenvalue weighted by Gasteiger charge is 2.27. The monoisotopic (exact) mass is 327 g/mol. The van der Waals surface area contributed by atoms with Crippen LogP contribution in [0.1, 0.15) is 21.9 Å². The van der Waals surface area contributed by atoms with E-state index < -0.39 is 16.0 Å². The second-order valence-electron chi connectivity index (χ2n) is 4.75. The Morgan fingerprint density at radius 3 is 2.36 bits per heavy atom. The first-order valence-electron chi connectivity index (χ1n) is 6.32. The van der Waals surface area contributed by atoms with Gasteiger partial charge in [-0.1, -0.05) is 0 Å². The molecule has 0 saturated heterocycles. The van der Waals surface area contributed by atoms with Crippen molar-refractivity contribution in [2.75, 3.05) is 11.8 Å². The summed E-state index contributed by atoms with van der Waals surface area (Å²) in [4.78, 5) is 11.8. The number of hydrogen-bond donors (Lipinski definition) is 1. The lowest BCUT2D eigenvalue weighted by Crippen LogP contribution is -2.16. The third-order valence-corrected chi connectivity index (χ3v) is 4.88. The molecule has 0 saturated carbocycles. The van der Waals surface area contributed by atoms with Crippen molar-refractivity contribution in [1.29, 1.82) is 0 Å². The number of methoxy groups -OCH3 is 1. The largest absolute Gasteiger partial charge is 0.464 e. The van der Waals surface area contributed by atoms with Crippen LogP contribution in [0.5, 0.6) is 0 Å². The lowest BCUT2D eigenvalue weighted by Gasteiger charge is -2.08. The molecule has 10 heteroatoms. The Bertz CT molecular complexity index is 834. The number of esters is 1. The maximum atomic E-state index is 12.5. The standard InChI is InChI=1S/C12H17N5O4S/c1-7-9(6-13-16(7)3)22(19,20)15-10-8(2)17(4)14-11(10)12(18)21-5/h6,15H,1-5H3. The molecule has 2 aromatic rings. The van der Waals surface area contributed by atoms with Crippen LogP contribution in [-0.2, 0) is 28.9 Å². The van der Waals surface area contributed by atoms with Gasteiger partial charge in [-0.05, 0) is 13.8 Å². The van der Waals surface area contributed by atoms with Gasteiger partial charge in [-0.25, -0.2) is 13.2 Å². The van der Waals surface area contributed by atoms with E-state index in [1.165, 1.54) is 22.7 Å². The van der Waals surface area contributed by atoms with Crippen LogP contribution in [0.4, 0.5) is 5.69 Å². The Morgan fingerprint density at radius 2 is 1.86 bits per heavy atom. The number of aromatic nitrogens is 4. The van der Waals surface area contributed by atoms with Crippen molar-refractivity contribution in [1.82, 2.24) is 19.6 Å². The molecule has 2 heterocycles. The molecular weight excluding hydrogens is 310 g/mol. The fourth-order valence-electron chi connectivity index (χ4n) is 1.90. The Kier molecular flexibility index (Phi) is 3.96. The van der Waals surface area contributed by atoms with Gasteiger partial charge in [0.05, 0.1) is 24.7 Å². The number of carbonyl (C=O) groups is 1. The molecule has 22 heavy (non-hydrogen) atoms. The molecule has 0 atom stereocenters. The van der Waals surface area contributed by atoms with E-state index in [0.29, 0.717) is 11.4 Å². The smallest absolute Gasteiger partial charge is 0.360 e. The van der Waals surface area contributed by atoms with E-state index in [0.717, 1.165) is 0 Å². The average molecular weight is 327 g/mol. The van der Waals surface area contributed by atoms with Gasteiger partial charge in [-0.3, -0.25) is 14.1 Å². The number of anilines is 1. The normalized spacial score (nSPS) is 11.5. The van der Waals surface area contributed by atoms with Crippen LogP contribution < -0.4 is 4.72 Å². The topological polar surface area (TPSA) is 108 Å². The molecule has 0 radical (unpaired) electrons. The highest BCUT2D eigenvalue weighted by Crippen LogP contribution is 2.25. The van der Waals surface area contributed by atoms with E-state index in [-0.39, 0.29) is 16.3 Å². The molecule has 0 amide bonds. The van der Waals surface area contributed by atoms with Crippen molar-refractivity contribution in [3.8, 4) is 0 Å². The summed E-state index contributed by atoms with van der Waals surface area (Å²) in [5.41, 5.74) is 0.976. The highest BCUT2D eigenvalue weighted by atomic mass is 32.2. The van der Waals surface area contributed by atoms with Crippen LogP contribution in [0.2, 0.25) is 0 Å². The molecule has 0 aliphatic rings. The van der Waals surface area contributed by atoms with Gasteiger partial charge < -0.3 is 4.74 Å². The maximum absolute atomic E-state index is 12.5. The molecule has 2 aromatic heterocycles. The summed E-state index contributed by atoms with van der Waals surface area (Å²) in [7, 11) is 0.562. The van der Waals surface area contributed by atoms with Gasteiger partial charge in [0.25, 0.3) is 10.0 Å². The second-order valence-corrected chi connectivity index (χ2v) is 6.40. The molecule has 9 nitrogen and oxygen atoms in total. The van der Waals surface area contributed by atoms with Crippen molar-refractivity contribution in [2.45, 2.75) is 18.7 Å². The second kappa shape index (κ2) is 5.44. The third kappa shape index (κ3) is 2.56. The number of hydrogen-bond acceptors (Lipinski definition) is 6. The summed E-state index contributed by atoms with van der Waals surface area (Å²) >= 11 is 0. The number of sulfonamides is 1. The average Bonchev–Trinajstić information content (AvgIpc) is 2.93. The molecular formula is C12H17N5O4S. The Balaban J connectivity index is 2.51. The van der Waals surface area contributed by atoms with Crippen molar-refractivity contribution >= 4 is 21.7 Å². The van der Waals surface area contributed by atoms with Crippen LogP contribution >= 0.6 is 0 Å². The summed E-state index contributed by atoms with van der Waals surface area (Å²) in [5.74, 6) is -0.718. The van der Waals surface area contributed by atoms with E-state index in [2.05, 4.69) is 19.7 Å². The minimum atomic E-state index is -3.89. The molecule has 0 aliphatic carbocycles. The SMILES string of the molecule is COC(=O)c1nn(C)c(C)c1NS(=O)(=O)c1cnn(C)c1C. The minimum absolute atomic E-state index is 0.0362. The van der Waals surface area contributed by atoms with Crippen LogP contribution in [0.25, 0.3) is 0 Å². The molecule has 0 spiro atoms. The van der Waals surface area contributed by atoms with Crippen LogP contribution in [-0.4, -0.2) is 41.1 Å². The highest BCUT2D eigenvalue weighted by molar-refractivity contribution is 7.92. The first kappa shape index (κ1) is 16.0. The molecule has 0 aromatic carbocycles. The molecule has 0 aliphatic heterocycles. The number of rotatable bonds is 4. The van der Waals surface area contributed by atoms with Gasteiger partial charge in [0, 0.05) is 14.1 Å². The summed E-state index contributed by atoms with van der Waals surface area (Å²) in [5, 5.41) is 7.89. The lowest BCUT2D eigenvalue weighted by molar-refractivity contribution is 0.0594. The fourth-order valence-corrected chi connectivity index (χ4v) is 3.23. The summed E-state index contributed by atoms with van der Waals surface area (Å²) < 4.78 is 34.9. The minimum Gasteiger partial charge on any atom is -0.464 e. The van der Waals surface area contributed by atoms with Crippen molar-refractivity contribution in [2.24, 2.45) is 14.1 Å². The molecule has 0 unspecified atom stereocenters. The zero-order valence-electron chi connectivity index (χ0n) is 12.9. The molecule has 1 N–H and O–H groups in total. The summed E-state index contributed by atoms with van der Waals surface area (Å²) in [6.07, 6.45) is 1.25. The van der Waals surface area contributed by atoms with Crippen molar-refractivity contribution in [3.05, 3.63) is 23.3 Å². The zero-order chi connectivity index (χ0) is 16.7. The van der Waals surface area contributed by atoms with Gasteiger partial charge in [-0.15, -0.1) is 0 Å². The van der Waals surface area contributed by atoms with Gasteiger partial charge in [0.1, 0.15) is 10.6 Å². The third-order valence-electron chi connectivity index (χ3n) is 3.43. The van der Waals surface area contributed by atoms with Crippen molar-refractivity contribution in [3.63, 3.8) is 0 Å². The van der Waals surface area contributed by atoms with E-state index in [1.54, 1.807) is 27.9 Å².